The van der Waals surface area contributed by atoms with Crippen molar-refractivity contribution in [1.82, 2.24) is 10.2 Å². The maximum absolute atomic E-state index is 13.9. The molecule has 0 radical (unpaired) electrons. The number of urea groups is 1. The van der Waals surface area contributed by atoms with E-state index in [1.807, 2.05) is 0 Å². The van der Waals surface area contributed by atoms with Crippen molar-refractivity contribution >= 4 is 11.9 Å². The van der Waals surface area contributed by atoms with Crippen LogP contribution < -0.4 is 5.32 Å². The summed E-state index contributed by atoms with van der Waals surface area (Å²) in [7, 11) is 0. The van der Waals surface area contributed by atoms with Crippen molar-refractivity contribution in [2.45, 2.75) is 38.3 Å². The molecule has 22 heavy (non-hydrogen) atoms. The van der Waals surface area contributed by atoms with Gasteiger partial charge in [-0.25, -0.2) is 13.6 Å². The van der Waals surface area contributed by atoms with Crippen molar-refractivity contribution in [2.75, 3.05) is 6.54 Å². The fraction of sp³-hybridized carbons (Fsp3) is 0.467. The predicted molar refractivity (Wildman–Crippen MR) is 74.9 cm³/mol. The van der Waals surface area contributed by atoms with Gasteiger partial charge < -0.3 is 10.4 Å². The van der Waals surface area contributed by atoms with Gasteiger partial charge in [-0.3, -0.25) is 9.69 Å². The van der Waals surface area contributed by atoms with Crippen LogP contribution in [0.25, 0.3) is 0 Å². The van der Waals surface area contributed by atoms with E-state index in [2.05, 4.69) is 5.32 Å². The summed E-state index contributed by atoms with van der Waals surface area (Å²) >= 11 is 0. The standard InChI is InChI=1S/C15H18F2N2O3/c1-14(2,22)6-7-19-12(20)15(3,18-13(19)21)10-8-9(16)4-5-11(10)17/h4-5,8,22H,6-7H2,1-3H3,(H,18,21). The number of carbonyl (C=O) groups excluding carboxylic acids is 2. The molecule has 0 aromatic heterocycles. The second kappa shape index (κ2) is 5.31. The lowest BCUT2D eigenvalue weighted by Gasteiger charge is -2.24. The fourth-order valence-electron chi connectivity index (χ4n) is 2.35. The molecule has 3 amide bonds. The van der Waals surface area contributed by atoms with Crippen LogP contribution in [-0.2, 0) is 10.3 Å². The second-order valence-corrected chi connectivity index (χ2v) is 6.20. The van der Waals surface area contributed by atoms with E-state index in [4.69, 9.17) is 0 Å². The molecule has 0 aliphatic carbocycles. The maximum Gasteiger partial charge on any atom is 0.325 e. The molecule has 0 bridgehead atoms. The van der Waals surface area contributed by atoms with E-state index in [-0.39, 0.29) is 18.5 Å². The van der Waals surface area contributed by atoms with Crippen LogP contribution in [0.15, 0.2) is 18.2 Å². The molecule has 0 saturated carbocycles. The molecule has 1 aliphatic heterocycles. The van der Waals surface area contributed by atoms with Gasteiger partial charge in [0.15, 0.2) is 0 Å². The van der Waals surface area contributed by atoms with Gasteiger partial charge in [-0.15, -0.1) is 0 Å². The Bertz CT molecular complexity index is 628. The molecule has 2 rings (SSSR count). The van der Waals surface area contributed by atoms with Crippen molar-refractivity contribution < 1.29 is 23.5 Å². The van der Waals surface area contributed by atoms with Crippen LogP contribution in [-0.4, -0.2) is 34.1 Å². The lowest BCUT2D eigenvalue weighted by atomic mass is 9.91. The highest BCUT2D eigenvalue weighted by Crippen LogP contribution is 2.31. The van der Waals surface area contributed by atoms with Crippen molar-refractivity contribution in [2.24, 2.45) is 0 Å². The SMILES string of the molecule is CC(C)(O)CCN1C(=O)NC(C)(c2cc(F)ccc2F)C1=O. The first-order chi connectivity index (χ1) is 10.0. The van der Waals surface area contributed by atoms with E-state index < -0.39 is 34.7 Å². The number of imide groups is 1. The zero-order valence-electron chi connectivity index (χ0n) is 12.6. The minimum atomic E-state index is -1.66. The van der Waals surface area contributed by atoms with Crippen LogP contribution in [0.2, 0.25) is 0 Å². The van der Waals surface area contributed by atoms with E-state index in [9.17, 15) is 23.5 Å². The Balaban J connectivity index is 2.32. The summed E-state index contributed by atoms with van der Waals surface area (Å²) in [5.74, 6) is -2.15. The molecule has 120 valence electrons. The smallest absolute Gasteiger partial charge is 0.325 e. The van der Waals surface area contributed by atoms with E-state index in [1.54, 1.807) is 13.8 Å². The van der Waals surface area contributed by atoms with Gasteiger partial charge in [0.2, 0.25) is 0 Å². The van der Waals surface area contributed by atoms with Gasteiger partial charge in [0.25, 0.3) is 5.91 Å². The van der Waals surface area contributed by atoms with Crippen molar-refractivity contribution in [3.63, 3.8) is 0 Å². The Kier molecular flexibility index (Phi) is 3.95. The third kappa shape index (κ3) is 2.94. The van der Waals surface area contributed by atoms with Gasteiger partial charge in [-0.1, -0.05) is 0 Å². The molecule has 1 atom stereocenters. The molecule has 1 fully saturated rings. The van der Waals surface area contributed by atoms with Crippen molar-refractivity contribution in [1.29, 1.82) is 0 Å². The van der Waals surface area contributed by atoms with Crippen LogP contribution in [0.5, 0.6) is 0 Å². The number of halogens is 2. The molecule has 5 nitrogen and oxygen atoms in total. The van der Waals surface area contributed by atoms with E-state index >= 15 is 0 Å². The number of amides is 3. The Labute approximate surface area is 126 Å². The number of nitrogens with one attached hydrogen (secondary N) is 1. The number of nitrogens with zero attached hydrogens (tertiary/aromatic N) is 1. The van der Waals surface area contributed by atoms with Gasteiger partial charge in [0.1, 0.15) is 17.2 Å². The predicted octanol–water partition coefficient (Wildman–Crippen LogP) is 1.89. The first-order valence-electron chi connectivity index (χ1n) is 6.86. The summed E-state index contributed by atoms with van der Waals surface area (Å²) in [6, 6.07) is 2.05. The number of rotatable bonds is 4. The average molecular weight is 312 g/mol. The largest absolute Gasteiger partial charge is 0.390 e. The number of benzene rings is 1. The van der Waals surface area contributed by atoms with Crippen molar-refractivity contribution in [3.05, 3.63) is 35.4 Å². The zero-order valence-corrected chi connectivity index (χ0v) is 12.6. The number of hydrogen-bond donors (Lipinski definition) is 2. The van der Waals surface area contributed by atoms with Gasteiger partial charge in [-0.05, 0) is 45.4 Å². The topological polar surface area (TPSA) is 69.6 Å². The minimum Gasteiger partial charge on any atom is -0.390 e. The summed E-state index contributed by atoms with van der Waals surface area (Å²) in [5.41, 5.74) is -2.94. The highest BCUT2D eigenvalue weighted by molar-refractivity contribution is 6.07. The Morgan fingerprint density at radius 1 is 1.32 bits per heavy atom. The summed E-state index contributed by atoms with van der Waals surface area (Å²) in [6.07, 6.45) is 0.174. The Morgan fingerprint density at radius 2 is 1.95 bits per heavy atom. The first kappa shape index (κ1) is 16.4. The Hall–Kier alpha value is -2.02. The number of hydrogen-bond acceptors (Lipinski definition) is 3. The summed E-state index contributed by atoms with van der Waals surface area (Å²) in [6.45, 7) is 4.42. The molecule has 7 heteroatoms. The Morgan fingerprint density at radius 3 is 2.55 bits per heavy atom. The molecule has 2 N–H and O–H groups in total. The molecule has 1 heterocycles. The van der Waals surface area contributed by atoms with Gasteiger partial charge >= 0.3 is 6.03 Å². The summed E-state index contributed by atoms with van der Waals surface area (Å²) in [4.78, 5) is 25.4. The highest BCUT2D eigenvalue weighted by atomic mass is 19.1. The summed E-state index contributed by atoms with van der Waals surface area (Å²) in [5, 5.41) is 12.1. The molecule has 1 aromatic rings. The second-order valence-electron chi connectivity index (χ2n) is 6.20. The minimum absolute atomic E-state index is 0.0132. The first-order valence-corrected chi connectivity index (χ1v) is 6.86. The fourth-order valence-corrected chi connectivity index (χ4v) is 2.35. The zero-order chi connectivity index (χ0) is 16.7. The van der Waals surface area contributed by atoms with Crippen LogP contribution >= 0.6 is 0 Å². The molecular formula is C15H18F2N2O3. The molecule has 1 aromatic carbocycles. The lowest BCUT2D eigenvalue weighted by molar-refractivity contribution is -0.131. The van der Waals surface area contributed by atoms with E-state index in [1.165, 1.54) is 6.92 Å². The third-order valence-electron chi connectivity index (χ3n) is 3.69. The third-order valence-corrected chi connectivity index (χ3v) is 3.69. The van der Waals surface area contributed by atoms with Crippen LogP contribution in [0.3, 0.4) is 0 Å². The number of aliphatic hydroxyl groups is 1. The maximum atomic E-state index is 13.9. The van der Waals surface area contributed by atoms with Gasteiger partial charge in [0.05, 0.1) is 5.60 Å². The van der Waals surface area contributed by atoms with Gasteiger partial charge in [-0.2, -0.15) is 0 Å². The molecule has 1 unspecified atom stereocenters. The quantitative estimate of drug-likeness (QED) is 0.834. The van der Waals surface area contributed by atoms with Crippen LogP contribution in [0.4, 0.5) is 13.6 Å². The molecular weight excluding hydrogens is 294 g/mol. The molecule has 0 spiro atoms. The van der Waals surface area contributed by atoms with Crippen molar-refractivity contribution in [3.8, 4) is 0 Å². The van der Waals surface area contributed by atoms with E-state index in [0.29, 0.717) is 0 Å². The summed E-state index contributed by atoms with van der Waals surface area (Å²) < 4.78 is 27.3. The van der Waals surface area contributed by atoms with E-state index in [0.717, 1.165) is 23.1 Å². The normalized spacial score (nSPS) is 22.2. The molecule has 1 saturated heterocycles. The number of carbonyl (C=O) groups is 2. The lowest BCUT2D eigenvalue weighted by Crippen LogP contribution is -2.42. The van der Waals surface area contributed by atoms with Crippen LogP contribution in [0.1, 0.15) is 32.8 Å². The van der Waals surface area contributed by atoms with Crippen LogP contribution in [0, 0.1) is 11.6 Å². The molecule has 1 aliphatic rings. The van der Waals surface area contributed by atoms with Gasteiger partial charge in [0, 0.05) is 12.1 Å². The highest BCUT2D eigenvalue weighted by Gasteiger charge is 2.50. The average Bonchev–Trinajstić information content (AvgIpc) is 2.61. The monoisotopic (exact) mass is 312 g/mol.